The van der Waals surface area contributed by atoms with Crippen LogP contribution in [0.5, 0.6) is 5.75 Å². The molecule has 1 aromatic rings. The second-order valence-electron chi connectivity index (χ2n) is 3.10. The fourth-order valence-electron chi connectivity index (χ4n) is 1.13. The highest BCUT2D eigenvalue weighted by atomic mass is 16.5. The number of carbonyl (C=O) groups excluding carboxylic acids is 1. The minimum Gasteiger partial charge on any atom is -0.491 e. The summed E-state index contributed by atoms with van der Waals surface area (Å²) in [5.41, 5.74) is 0.655. The number of anilines is 1. The van der Waals surface area contributed by atoms with E-state index in [-0.39, 0.29) is 12.5 Å². The molecule has 0 radical (unpaired) electrons. The molecule has 15 heavy (non-hydrogen) atoms. The Morgan fingerprint density at radius 3 is 2.87 bits per heavy atom. The zero-order valence-corrected chi connectivity index (χ0v) is 8.69. The molecule has 4 heteroatoms. The molecule has 1 rings (SSSR count). The van der Waals surface area contributed by atoms with Crippen LogP contribution in [-0.4, -0.2) is 24.2 Å². The van der Waals surface area contributed by atoms with Crippen LogP contribution in [0.1, 0.15) is 13.3 Å². The second kappa shape index (κ2) is 6.03. The monoisotopic (exact) mass is 209 g/mol. The first kappa shape index (κ1) is 11.5. The van der Waals surface area contributed by atoms with E-state index in [0.717, 1.165) is 0 Å². The van der Waals surface area contributed by atoms with E-state index in [1.807, 2.05) is 12.1 Å². The molecule has 0 atom stereocenters. The minimum absolute atomic E-state index is 0.0995. The number of hydrogen-bond acceptors (Lipinski definition) is 3. The molecule has 0 fully saturated rings. The number of benzene rings is 1. The highest BCUT2D eigenvalue weighted by Crippen LogP contribution is 2.23. The molecule has 0 spiro atoms. The van der Waals surface area contributed by atoms with Crippen molar-refractivity contribution in [1.29, 1.82) is 0 Å². The van der Waals surface area contributed by atoms with E-state index >= 15 is 0 Å². The van der Waals surface area contributed by atoms with Gasteiger partial charge in [0, 0.05) is 20.0 Å². The van der Waals surface area contributed by atoms with Crippen LogP contribution in [0, 0.1) is 0 Å². The smallest absolute Gasteiger partial charge is 0.221 e. The van der Waals surface area contributed by atoms with E-state index in [0.29, 0.717) is 24.5 Å². The van der Waals surface area contributed by atoms with Gasteiger partial charge in [-0.2, -0.15) is 0 Å². The molecule has 0 saturated carbocycles. The van der Waals surface area contributed by atoms with Crippen molar-refractivity contribution in [2.75, 3.05) is 18.5 Å². The summed E-state index contributed by atoms with van der Waals surface area (Å²) in [5, 5.41) is 11.3. The van der Waals surface area contributed by atoms with Gasteiger partial charge in [0.1, 0.15) is 5.75 Å². The number of aliphatic hydroxyl groups excluding tert-OH is 1. The standard InChI is InChI=1S/C11H15NO3/c1-9(14)12-10-5-2-3-6-11(10)15-8-4-7-13/h2-3,5-6,13H,4,7-8H2,1H3,(H,12,14). The largest absolute Gasteiger partial charge is 0.491 e. The molecule has 0 saturated heterocycles. The van der Waals surface area contributed by atoms with Gasteiger partial charge in [-0.3, -0.25) is 4.79 Å². The van der Waals surface area contributed by atoms with Crippen LogP contribution in [0.4, 0.5) is 5.69 Å². The molecule has 1 amide bonds. The van der Waals surface area contributed by atoms with E-state index < -0.39 is 0 Å². The summed E-state index contributed by atoms with van der Waals surface area (Å²) in [6.07, 6.45) is 0.578. The maximum absolute atomic E-state index is 10.9. The highest BCUT2D eigenvalue weighted by Gasteiger charge is 2.03. The van der Waals surface area contributed by atoms with Crippen LogP contribution in [0.25, 0.3) is 0 Å². The maximum atomic E-state index is 10.9. The van der Waals surface area contributed by atoms with Crippen LogP contribution in [-0.2, 0) is 4.79 Å². The molecule has 0 aliphatic carbocycles. The first-order valence-electron chi connectivity index (χ1n) is 4.84. The third kappa shape index (κ3) is 3.99. The highest BCUT2D eigenvalue weighted by molar-refractivity contribution is 5.90. The molecule has 0 bridgehead atoms. The van der Waals surface area contributed by atoms with Gasteiger partial charge in [-0.25, -0.2) is 0 Å². The Morgan fingerprint density at radius 1 is 1.47 bits per heavy atom. The van der Waals surface area contributed by atoms with Crippen molar-refractivity contribution in [3.8, 4) is 5.75 Å². The Labute approximate surface area is 88.9 Å². The SMILES string of the molecule is CC(=O)Nc1ccccc1OCCCO. The molecule has 0 aromatic heterocycles. The third-order valence-corrected chi connectivity index (χ3v) is 1.76. The van der Waals surface area contributed by atoms with Gasteiger partial charge in [0.05, 0.1) is 12.3 Å². The maximum Gasteiger partial charge on any atom is 0.221 e. The Hall–Kier alpha value is -1.55. The summed E-state index contributed by atoms with van der Waals surface area (Å²) in [7, 11) is 0. The average Bonchev–Trinajstić information content (AvgIpc) is 2.20. The Morgan fingerprint density at radius 2 is 2.20 bits per heavy atom. The summed E-state index contributed by atoms with van der Waals surface area (Å²) in [4.78, 5) is 10.9. The lowest BCUT2D eigenvalue weighted by molar-refractivity contribution is -0.114. The van der Waals surface area contributed by atoms with Gasteiger partial charge in [0.15, 0.2) is 0 Å². The normalized spacial score (nSPS) is 9.73. The van der Waals surface area contributed by atoms with Crippen molar-refractivity contribution in [1.82, 2.24) is 0 Å². The number of hydrogen-bond donors (Lipinski definition) is 2. The molecule has 0 aliphatic heterocycles. The zero-order chi connectivity index (χ0) is 11.1. The number of para-hydroxylation sites is 2. The molecule has 4 nitrogen and oxygen atoms in total. The molecular formula is C11H15NO3. The first-order chi connectivity index (χ1) is 7.24. The lowest BCUT2D eigenvalue weighted by atomic mass is 10.3. The van der Waals surface area contributed by atoms with Crippen LogP contribution < -0.4 is 10.1 Å². The van der Waals surface area contributed by atoms with E-state index in [4.69, 9.17) is 9.84 Å². The fourth-order valence-corrected chi connectivity index (χ4v) is 1.13. The number of carbonyl (C=O) groups is 1. The van der Waals surface area contributed by atoms with E-state index in [1.165, 1.54) is 6.92 Å². The van der Waals surface area contributed by atoms with Crippen LogP contribution in [0.2, 0.25) is 0 Å². The van der Waals surface area contributed by atoms with Crippen molar-refractivity contribution in [3.63, 3.8) is 0 Å². The Balaban J connectivity index is 2.64. The molecule has 82 valence electrons. The number of nitrogens with one attached hydrogen (secondary N) is 1. The Kier molecular flexibility index (Phi) is 4.63. The van der Waals surface area contributed by atoms with Crippen LogP contribution in [0.15, 0.2) is 24.3 Å². The topological polar surface area (TPSA) is 58.6 Å². The van der Waals surface area contributed by atoms with Gasteiger partial charge in [-0.15, -0.1) is 0 Å². The van der Waals surface area contributed by atoms with Gasteiger partial charge in [0.25, 0.3) is 0 Å². The van der Waals surface area contributed by atoms with Crippen molar-refractivity contribution < 1.29 is 14.6 Å². The number of ether oxygens (including phenoxy) is 1. The third-order valence-electron chi connectivity index (χ3n) is 1.76. The number of aliphatic hydroxyl groups is 1. The van der Waals surface area contributed by atoms with E-state index in [2.05, 4.69) is 5.32 Å². The predicted octanol–water partition coefficient (Wildman–Crippen LogP) is 1.41. The fraction of sp³-hybridized carbons (Fsp3) is 0.364. The van der Waals surface area contributed by atoms with Crippen molar-refractivity contribution in [2.45, 2.75) is 13.3 Å². The minimum atomic E-state index is -0.131. The summed E-state index contributed by atoms with van der Waals surface area (Å²) >= 11 is 0. The number of rotatable bonds is 5. The molecule has 0 unspecified atom stereocenters. The average molecular weight is 209 g/mol. The summed E-state index contributed by atoms with van der Waals surface area (Å²) in [6.45, 7) is 1.99. The van der Waals surface area contributed by atoms with Gasteiger partial charge < -0.3 is 15.2 Å². The lowest BCUT2D eigenvalue weighted by Gasteiger charge is -2.10. The van der Waals surface area contributed by atoms with Crippen LogP contribution in [0.3, 0.4) is 0 Å². The second-order valence-corrected chi connectivity index (χ2v) is 3.10. The quantitative estimate of drug-likeness (QED) is 0.721. The summed E-state index contributed by atoms with van der Waals surface area (Å²) in [6, 6.07) is 7.21. The number of amides is 1. The summed E-state index contributed by atoms with van der Waals surface area (Å²) < 4.78 is 5.40. The van der Waals surface area contributed by atoms with Crippen molar-refractivity contribution in [3.05, 3.63) is 24.3 Å². The predicted molar refractivity (Wildman–Crippen MR) is 57.9 cm³/mol. The van der Waals surface area contributed by atoms with Crippen molar-refractivity contribution in [2.24, 2.45) is 0 Å². The van der Waals surface area contributed by atoms with E-state index in [9.17, 15) is 4.79 Å². The van der Waals surface area contributed by atoms with Crippen LogP contribution >= 0.6 is 0 Å². The van der Waals surface area contributed by atoms with Gasteiger partial charge in [-0.05, 0) is 12.1 Å². The molecular weight excluding hydrogens is 194 g/mol. The van der Waals surface area contributed by atoms with E-state index in [1.54, 1.807) is 12.1 Å². The first-order valence-corrected chi connectivity index (χ1v) is 4.84. The molecule has 2 N–H and O–H groups in total. The lowest BCUT2D eigenvalue weighted by Crippen LogP contribution is -2.08. The zero-order valence-electron chi connectivity index (χ0n) is 8.69. The van der Waals surface area contributed by atoms with Gasteiger partial charge in [-0.1, -0.05) is 12.1 Å². The summed E-state index contributed by atoms with van der Waals surface area (Å²) in [5.74, 6) is 0.495. The molecule has 0 aliphatic rings. The van der Waals surface area contributed by atoms with Crippen molar-refractivity contribution >= 4 is 11.6 Å². The van der Waals surface area contributed by atoms with Gasteiger partial charge in [0.2, 0.25) is 5.91 Å². The molecule has 0 heterocycles. The van der Waals surface area contributed by atoms with Gasteiger partial charge >= 0.3 is 0 Å². The Bertz CT molecular complexity index is 325. The molecule has 1 aromatic carbocycles.